The van der Waals surface area contributed by atoms with E-state index in [2.05, 4.69) is 4.98 Å². The number of pyridine rings is 1. The van der Waals surface area contributed by atoms with E-state index >= 15 is 0 Å². The third-order valence-electron chi connectivity index (χ3n) is 1.93. The van der Waals surface area contributed by atoms with Gasteiger partial charge in [0.15, 0.2) is 0 Å². The summed E-state index contributed by atoms with van der Waals surface area (Å²) >= 11 is 5.99. The largest absolute Gasteiger partial charge is 0.477 e. The summed E-state index contributed by atoms with van der Waals surface area (Å²) in [5, 5.41) is 1.59. The zero-order valence-electron chi connectivity index (χ0n) is 7.83. The monoisotopic (exact) mass is 207 g/mol. The van der Waals surface area contributed by atoms with Crippen LogP contribution < -0.4 is 4.74 Å². The van der Waals surface area contributed by atoms with E-state index in [0.717, 1.165) is 10.9 Å². The third-order valence-corrected chi connectivity index (χ3v) is 2.20. The van der Waals surface area contributed by atoms with Gasteiger partial charge in [-0.3, -0.25) is 0 Å². The van der Waals surface area contributed by atoms with Gasteiger partial charge in [0.2, 0.25) is 5.88 Å². The van der Waals surface area contributed by atoms with Crippen LogP contribution in [0.5, 0.6) is 5.88 Å². The summed E-state index contributed by atoms with van der Waals surface area (Å²) in [5.74, 6) is 0.507. The first kappa shape index (κ1) is 9.28. The maximum Gasteiger partial charge on any atom is 0.233 e. The van der Waals surface area contributed by atoms with Crippen LogP contribution >= 0.6 is 11.6 Å². The Morgan fingerprint density at radius 1 is 1.36 bits per heavy atom. The van der Waals surface area contributed by atoms with Crippen molar-refractivity contribution in [1.82, 2.24) is 4.98 Å². The van der Waals surface area contributed by atoms with E-state index in [0.29, 0.717) is 17.5 Å². The predicted molar refractivity (Wildman–Crippen MR) is 57.9 cm³/mol. The molecule has 0 unspecified atom stereocenters. The molecule has 0 aliphatic rings. The average molecular weight is 208 g/mol. The molecule has 1 heterocycles. The second-order valence-corrected chi connectivity index (χ2v) is 3.31. The van der Waals surface area contributed by atoms with Crippen LogP contribution in [-0.4, -0.2) is 11.6 Å². The van der Waals surface area contributed by atoms with E-state index in [9.17, 15) is 0 Å². The number of hydrogen-bond acceptors (Lipinski definition) is 2. The van der Waals surface area contributed by atoms with E-state index < -0.39 is 0 Å². The summed E-state index contributed by atoms with van der Waals surface area (Å²) in [6.07, 6.45) is 0. The Bertz CT molecular complexity index is 456. The molecule has 0 amide bonds. The van der Waals surface area contributed by atoms with Gasteiger partial charge in [-0.15, -0.1) is 0 Å². The van der Waals surface area contributed by atoms with Crippen molar-refractivity contribution in [2.45, 2.75) is 6.92 Å². The molecule has 1 aromatic heterocycles. The molecule has 2 rings (SSSR count). The highest BCUT2D eigenvalue weighted by atomic mass is 35.5. The van der Waals surface area contributed by atoms with Gasteiger partial charge in [-0.2, -0.15) is 0 Å². The Hall–Kier alpha value is -1.28. The topological polar surface area (TPSA) is 22.1 Å². The molecule has 0 N–H and O–H groups in total. The van der Waals surface area contributed by atoms with Gasteiger partial charge >= 0.3 is 0 Å². The molecule has 0 saturated carbocycles. The number of nitrogens with zero attached hydrogens (tertiary/aromatic N) is 1. The molecule has 3 heteroatoms. The molecular formula is C11H10ClNO. The highest BCUT2D eigenvalue weighted by molar-refractivity contribution is 6.32. The highest BCUT2D eigenvalue weighted by Gasteiger charge is 2.04. The molecule has 0 radical (unpaired) electrons. The van der Waals surface area contributed by atoms with Crippen molar-refractivity contribution in [3.63, 3.8) is 0 Å². The van der Waals surface area contributed by atoms with Crippen LogP contribution in [-0.2, 0) is 0 Å². The Balaban J connectivity index is 2.59. The summed E-state index contributed by atoms with van der Waals surface area (Å²) in [6, 6.07) is 9.69. The number of ether oxygens (including phenoxy) is 1. The smallest absolute Gasteiger partial charge is 0.233 e. The fraction of sp³-hybridized carbons (Fsp3) is 0.182. The Morgan fingerprint density at radius 3 is 2.93 bits per heavy atom. The molecule has 0 aliphatic carbocycles. The number of para-hydroxylation sites is 1. The second-order valence-electron chi connectivity index (χ2n) is 2.90. The summed E-state index contributed by atoms with van der Waals surface area (Å²) in [4.78, 5) is 4.31. The second kappa shape index (κ2) is 3.84. The molecule has 2 aromatic rings. The van der Waals surface area contributed by atoms with Gasteiger partial charge in [0.05, 0.1) is 12.1 Å². The predicted octanol–water partition coefficient (Wildman–Crippen LogP) is 3.29. The standard InChI is InChI=1S/C11H10ClNO/c1-2-14-11-9(12)7-8-5-3-4-6-10(8)13-11/h3-7H,2H2,1H3. The number of hydrogen-bond donors (Lipinski definition) is 0. The SMILES string of the molecule is CCOc1nc2ccccc2cc1Cl. The highest BCUT2D eigenvalue weighted by Crippen LogP contribution is 2.26. The zero-order chi connectivity index (χ0) is 9.97. The minimum absolute atomic E-state index is 0.507. The van der Waals surface area contributed by atoms with Crippen molar-refractivity contribution < 1.29 is 4.74 Å². The van der Waals surface area contributed by atoms with E-state index in [1.165, 1.54) is 0 Å². The van der Waals surface area contributed by atoms with Crippen LogP contribution in [0, 0.1) is 0 Å². The first-order valence-corrected chi connectivity index (χ1v) is 4.87. The van der Waals surface area contributed by atoms with Crippen molar-refractivity contribution in [3.8, 4) is 5.88 Å². The number of fused-ring (bicyclic) bond motifs is 1. The van der Waals surface area contributed by atoms with Gasteiger partial charge < -0.3 is 4.74 Å². The molecule has 0 bridgehead atoms. The number of aromatic nitrogens is 1. The van der Waals surface area contributed by atoms with Gasteiger partial charge in [-0.1, -0.05) is 29.8 Å². The van der Waals surface area contributed by atoms with Crippen molar-refractivity contribution in [3.05, 3.63) is 35.4 Å². The maximum absolute atomic E-state index is 5.99. The Kier molecular flexibility index (Phi) is 2.55. The van der Waals surface area contributed by atoms with Crippen LogP contribution in [0.4, 0.5) is 0 Å². The minimum Gasteiger partial charge on any atom is -0.477 e. The van der Waals surface area contributed by atoms with E-state index in [-0.39, 0.29) is 0 Å². The summed E-state index contributed by atoms with van der Waals surface area (Å²) in [5.41, 5.74) is 0.903. The van der Waals surface area contributed by atoms with Crippen molar-refractivity contribution >= 4 is 22.5 Å². The van der Waals surface area contributed by atoms with Crippen molar-refractivity contribution in [2.75, 3.05) is 6.61 Å². The molecule has 0 aliphatic heterocycles. The fourth-order valence-electron chi connectivity index (χ4n) is 1.31. The molecule has 1 aromatic carbocycles. The molecule has 0 saturated heterocycles. The van der Waals surface area contributed by atoms with Crippen LogP contribution in [0.1, 0.15) is 6.92 Å². The summed E-state index contributed by atoms with van der Waals surface area (Å²) in [7, 11) is 0. The van der Waals surface area contributed by atoms with Gasteiger partial charge in [0, 0.05) is 5.39 Å². The van der Waals surface area contributed by atoms with Gasteiger partial charge in [-0.25, -0.2) is 4.98 Å². The van der Waals surface area contributed by atoms with Crippen LogP contribution in [0.3, 0.4) is 0 Å². The van der Waals surface area contributed by atoms with Crippen LogP contribution in [0.15, 0.2) is 30.3 Å². The van der Waals surface area contributed by atoms with E-state index in [4.69, 9.17) is 16.3 Å². The fourth-order valence-corrected chi connectivity index (χ4v) is 1.52. The molecule has 0 fully saturated rings. The normalized spacial score (nSPS) is 10.4. The third kappa shape index (κ3) is 1.66. The maximum atomic E-state index is 5.99. The number of halogens is 1. The first-order valence-electron chi connectivity index (χ1n) is 4.49. The zero-order valence-corrected chi connectivity index (χ0v) is 8.58. The van der Waals surface area contributed by atoms with Gasteiger partial charge in [0.1, 0.15) is 5.02 Å². The van der Waals surface area contributed by atoms with Gasteiger partial charge in [-0.05, 0) is 19.1 Å². The van der Waals surface area contributed by atoms with Crippen molar-refractivity contribution in [1.29, 1.82) is 0 Å². The van der Waals surface area contributed by atoms with Crippen LogP contribution in [0.25, 0.3) is 10.9 Å². The van der Waals surface area contributed by atoms with Gasteiger partial charge in [0.25, 0.3) is 0 Å². The molecule has 0 atom stereocenters. The lowest BCUT2D eigenvalue weighted by molar-refractivity contribution is 0.328. The lowest BCUT2D eigenvalue weighted by Gasteiger charge is -2.05. The minimum atomic E-state index is 0.507. The average Bonchev–Trinajstić information content (AvgIpc) is 2.19. The molecule has 0 spiro atoms. The van der Waals surface area contributed by atoms with E-state index in [1.54, 1.807) is 0 Å². The van der Waals surface area contributed by atoms with Crippen molar-refractivity contribution in [2.24, 2.45) is 0 Å². The lowest BCUT2D eigenvalue weighted by Crippen LogP contribution is -1.95. The molecule has 72 valence electrons. The summed E-state index contributed by atoms with van der Waals surface area (Å²) < 4.78 is 5.30. The van der Waals surface area contributed by atoms with E-state index in [1.807, 2.05) is 37.3 Å². The quantitative estimate of drug-likeness (QED) is 0.754. The number of rotatable bonds is 2. The Labute approximate surface area is 87.5 Å². The molecule has 2 nitrogen and oxygen atoms in total. The number of benzene rings is 1. The molecular weight excluding hydrogens is 198 g/mol. The molecule has 14 heavy (non-hydrogen) atoms. The Morgan fingerprint density at radius 2 is 2.14 bits per heavy atom. The lowest BCUT2D eigenvalue weighted by atomic mass is 10.2. The van der Waals surface area contributed by atoms with Crippen LogP contribution in [0.2, 0.25) is 5.02 Å². The summed E-state index contributed by atoms with van der Waals surface area (Å²) in [6.45, 7) is 2.48. The first-order chi connectivity index (χ1) is 6.81.